The first-order valence-electron chi connectivity index (χ1n) is 18.1. The summed E-state index contributed by atoms with van der Waals surface area (Å²) in [5.41, 5.74) is 8.52. The van der Waals surface area contributed by atoms with E-state index in [4.69, 9.17) is 20.2 Å². The van der Waals surface area contributed by atoms with E-state index in [1.807, 2.05) is 80.8 Å². The largest absolute Gasteiger partial charge is 0.453 e. The zero-order valence-electron chi connectivity index (χ0n) is 30.7. The molecule has 12 heteroatoms. The number of carbonyl (C=O) groups excluding carboxylic acids is 3. The number of nitrogens with one attached hydrogen (secondary N) is 2. The first-order valence-corrected chi connectivity index (χ1v) is 18.1. The maximum absolute atomic E-state index is 13.8. The molecule has 272 valence electrons. The van der Waals surface area contributed by atoms with Crippen molar-refractivity contribution in [2.75, 3.05) is 20.2 Å². The summed E-state index contributed by atoms with van der Waals surface area (Å²) in [5, 5.41) is 4.88. The predicted molar refractivity (Wildman–Crippen MR) is 198 cm³/mol. The average molecular weight is 706 g/mol. The molecule has 2 saturated heterocycles. The Balaban J connectivity index is 1.01. The number of ether oxygens (including phenoxy) is 2. The van der Waals surface area contributed by atoms with Crippen LogP contribution in [-0.2, 0) is 14.3 Å². The molecule has 3 amide bonds. The molecule has 2 saturated carbocycles. The second kappa shape index (κ2) is 13.0. The molecule has 1 spiro atoms. The zero-order chi connectivity index (χ0) is 37.0. The fraction of sp³-hybridized carbons (Fsp3) is 0.475. The van der Waals surface area contributed by atoms with Crippen LogP contribution in [0.3, 0.4) is 0 Å². The Morgan fingerprint density at radius 2 is 1.83 bits per heavy atom. The summed E-state index contributed by atoms with van der Waals surface area (Å²) in [4.78, 5) is 55.0. The highest BCUT2D eigenvalue weighted by molar-refractivity contribution is 6.12. The zero-order valence-corrected chi connectivity index (χ0v) is 30.7. The van der Waals surface area contributed by atoms with Crippen LogP contribution in [0.1, 0.15) is 95.4 Å². The summed E-state index contributed by atoms with van der Waals surface area (Å²) in [6.45, 7) is 10.9. The van der Waals surface area contributed by atoms with Crippen molar-refractivity contribution in [3.8, 4) is 11.8 Å². The van der Waals surface area contributed by atoms with Gasteiger partial charge < -0.3 is 30.4 Å². The van der Waals surface area contributed by atoms with Gasteiger partial charge in [-0.25, -0.2) is 14.6 Å². The molecule has 2 aromatic carbocycles. The minimum atomic E-state index is -0.958. The van der Waals surface area contributed by atoms with Crippen molar-refractivity contribution in [1.29, 1.82) is 0 Å². The summed E-state index contributed by atoms with van der Waals surface area (Å²) in [6.07, 6.45) is 6.69. The van der Waals surface area contributed by atoms with Crippen molar-refractivity contribution in [3.05, 3.63) is 71.4 Å². The number of hydrogen-bond acceptors (Lipinski definition) is 8. The van der Waals surface area contributed by atoms with Gasteiger partial charge in [0.15, 0.2) is 0 Å². The van der Waals surface area contributed by atoms with Crippen molar-refractivity contribution < 1.29 is 23.9 Å². The number of hydrogen-bond donors (Lipinski definition) is 3. The van der Waals surface area contributed by atoms with Crippen LogP contribution >= 0.6 is 0 Å². The van der Waals surface area contributed by atoms with Gasteiger partial charge in [0.25, 0.3) is 0 Å². The van der Waals surface area contributed by atoms with E-state index in [2.05, 4.69) is 27.1 Å². The van der Waals surface area contributed by atoms with Crippen LogP contribution in [0.25, 0.3) is 16.5 Å². The number of alkyl carbamates (subject to hydrolysis) is 1. The molecule has 4 fully saturated rings. The highest BCUT2D eigenvalue weighted by Crippen LogP contribution is 2.52. The maximum Gasteiger partial charge on any atom is 0.411 e. The van der Waals surface area contributed by atoms with Crippen molar-refractivity contribution in [3.63, 3.8) is 0 Å². The number of nitrogens with zero attached hydrogens (tertiary/aromatic N) is 4. The number of likely N-dealkylation sites (tertiary alicyclic amines) is 2. The number of rotatable bonds is 5. The van der Waals surface area contributed by atoms with Crippen molar-refractivity contribution >= 4 is 40.3 Å². The van der Waals surface area contributed by atoms with Crippen LogP contribution in [0.5, 0.6) is 0 Å². The second-order valence-electron chi connectivity index (χ2n) is 15.5. The number of nitrogens with two attached hydrogens (primary N) is 1. The SMILES string of the molecule is COC(=O)NC1(C(=O)N2CCC[C@H]2c2ncc(C#Cc3ccc4cc(/C(N)=C/N=C5CC56CCCN6C(=O)OC(C)(C)C)ccc4c3)[nH]2)C(C)[C@H]1C. The van der Waals surface area contributed by atoms with E-state index in [0.29, 0.717) is 30.3 Å². The molecule has 5 atom stereocenters. The van der Waals surface area contributed by atoms with Crippen molar-refractivity contribution in [2.45, 2.75) is 89.4 Å². The molecule has 3 unspecified atom stereocenters. The van der Waals surface area contributed by atoms with Gasteiger partial charge in [-0.2, -0.15) is 0 Å². The fourth-order valence-electron chi connectivity index (χ4n) is 7.98. The Bertz CT molecular complexity index is 2060. The molecule has 4 N–H and O–H groups in total. The summed E-state index contributed by atoms with van der Waals surface area (Å²) in [5.74, 6) is 7.03. The van der Waals surface area contributed by atoms with E-state index >= 15 is 0 Å². The van der Waals surface area contributed by atoms with Crippen LogP contribution in [0.4, 0.5) is 9.59 Å². The molecule has 4 aliphatic rings. The van der Waals surface area contributed by atoms with Crippen LogP contribution in [0, 0.1) is 23.7 Å². The lowest BCUT2D eigenvalue weighted by Crippen LogP contribution is -2.52. The second-order valence-corrected chi connectivity index (χ2v) is 15.5. The fourth-order valence-corrected chi connectivity index (χ4v) is 7.98. The number of aliphatic imine (C=N–C) groups is 1. The Morgan fingerprint density at radius 1 is 1.08 bits per heavy atom. The molecule has 7 rings (SSSR count). The van der Waals surface area contributed by atoms with E-state index in [0.717, 1.165) is 59.7 Å². The summed E-state index contributed by atoms with van der Waals surface area (Å²) in [6, 6.07) is 11.8. The highest BCUT2D eigenvalue weighted by atomic mass is 16.6. The maximum atomic E-state index is 13.8. The number of benzene rings is 2. The number of carbonyl (C=O) groups is 3. The molecule has 12 nitrogen and oxygen atoms in total. The third kappa shape index (κ3) is 6.37. The molecule has 0 radical (unpaired) electrons. The minimum absolute atomic E-state index is 0.00679. The first kappa shape index (κ1) is 35.1. The number of H-pyrrole nitrogens is 1. The Morgan fingerprint density at radius 3 is 2.56 bits per heavy atom. The predicted octanol–water partition coefficient (Wildman–Crippen LogP) is 5.88. The summed E-state index contributed by atoms with van der Waals surface area (Å²) in [7, 11) is 1.31. The average Bonchev–Trinajstić information content (AvgIpc) is 3.56. The van der Waals surface area contributed by atoms with Crippen molar-refractivity contribution in [2.24, 2.45) is 22.6 Å². The lowest BCUT2D eigenvalue weighted by molar-refractivity contribution is -0.136. The number of imidazole rings is 1. The Kier molecular flexibility index (Phi) is 8.80. The standard InChI is InChI=1S/C40H47N7O5/c1-24-25(2)40(24,45-36(49)51-6)35(48)46-17-7-9-32(46)34-43-22-30(44-34)15-11-26-10-12-28-20-29(14-13-27(28)19-26)31(41)23-42-33-21-39(33)16-8-18-47(39)37(50)52-38(3,4)5/h10,12-14,19-20,22-25,32H,7-9,16-18,21,41H2,1-6H3,(H,43,44)(H,45,49)/b31-23-,42-33?/t24-,25?,32+,39?,40?/m1/s1. The lowest BCUT2D eigenvalue weighted by atomic mass is 10.0. The molecule has 1 aromatic heterocycles. The van der Waals surface area contributed by atoms with Crippen LogP contribution in [-0.4, -0.2) is 80.5 Å². The normalized spacial score (nSPS) is 27.5. The number of methoxy groups -OCH3 is 1. The van der Waals surface area contributed by atoms with Gasteiger partial charge in [0.2, 0.25) is 5.91 Å². The van der Waals surface area contributed by atoms with Gasteiger partial charge in [-0.3, -0.25) is 14.7 Å². The molecule has 3 aromatic rings. The van der Waals surface area contributed by atoms with Crippen LogP contribution in [0.2, 0.25) is 0 Å². The third-order valence-corrected chi connectivity index (χ3v) is 11.2. The molecule has 0 bridgehead atoms. The van der Waals surface area contributed by atoms with E-state index in [1.54, 1.807) is 12.4 Å². The van der Waals surface area contributed by atoms with E-state index in [1.165, 1.54) is 7.11 Å². The van der Waals surface area contributed by atoms with E-state index < -0.39 is 17.2 Å². The monoisotopic (exact) mass is 705 g/mol. The molecular formula is C40H47N7O5. The minimum Gasteiger partial charge on any atom is -0.453 e. The van der Waals surface area contributed by atoms with E-state index in [9.17, 15) is 14.4 Å². The first-order chi connectivity index (χ1) is 24.8. The lowest BCUT2D eigenvalue weighted by Gasteiger charge is -2.29. The number of amides is 3. The van der Waals surface area contributed by atoms with Gasteiger partial charge >= 0.3 is 12.2 Å². The molecular weight excluding hydrogens is 658 g/mol. The quantitative estimate of drug-likeness (QED) is 0.280. The van der Waals surface area contributed by atoms with Gasteiger partial charge in [-0.15, -0.1) is 0 Å². The number of aromatic nitrogens is 2. The summed E-state index contributed by atoms with van der Waals surface area (Å²) < 4.78 is 10.5. The van der Waals surface area contributed by atoms with Gasteiger partial charge in [-0.1, -0.05) is 38.0 Å². The third-order valence-electron chi connectivity index (χ3n) is 11.2. The number of fused-ring (bicyclic) bond motifs is 1. The Hall–Kier alpha value is -5.31. The smallest absolute Gasteiger partial charge is 0.411 e. The molecule has 2 aliphatic carbocycles. The topological polar surface area (TPSA) is 155 Å². The highest BCUT2D eigenvalue weighted by Gasteiger charge is 2.67. The van der Waals surface area contributed by atoms with Gasteiger partial charge in [0.05, 0.1) is 36.8 Å². The molecule has 3 heterocycles. The molecule has 2 aliphatic heterocycles. The van der Waals surface area contributed by atoms with Gasteiger partial charge in [-0.05, 0) is 98.7 Å². The Labute approximate surface area is 304 Å². The van der Waals surface area contributed by atoms with Crippen LogP contribution in [0.15, 0.2) is 53.8 Å². The van der Waals surface area contributed by atoms with Gasteiger partial charge in [0.1, 0.15) is 22.7 Å². The van der Waals surface area contributed by atoms with Crippen molar-refractivity contribution in [1.82, 2.24) is 25.1 Å². The van der Waals surface area contributed by atoms with E-state index in [-0.39, 0.29) is 35.4 Å². The van der Waals surface area contributed by atoms with Crippen LogP contribution < -0.4 is 11.1 Å². The molecule has 52 heavy (non-hydrogen) atoms. The summed E-state index contributed by atoms with van der Waals surface area (Å²) >= 11 is 0. The number of aromatic amines is 1. The van der Waals surface area contributed by atoms with Gasteiger partial charge in [0, 0.05) is 30.8 Å².